The number of nitro groups is 1. The topological polar surface area (TPSA) is 75.5 Å². The summed E-state index contributed by atoms with van der Waals surface area (Å²) in [6.45, 7) is 2.62. The smallest absolute Gasteiger partial charge is 0.276 e. The number of likely N-dealkylation sites (tertiary alicyclic amines) is 1. The number of nitro benzene ring substituents is 1. The van der Waals surface area contributed by atoms with Crippen LogP contribution in [0.2, 0.25) is 0 Å². The van der Waals surface area contributed by atoms with E-state index in [-0.39, 0.29) is 17.6 Å². The molecule has 0 spiro atoms. The SMILES string of the molecule is O=C(C=Cc1ccccc1[N+](=O)[O-])NCC(c1cccs1)N1CCCC1. The first-order valence-electron chi connectivity index (χ1n) is 8.62. The van der Waals surface area contributed by atoms with Crippen molar-refractivity contribution < 1.29 is 9.72 Å². The Bertz CT molecular complexity index is 783. The fourth-order valence-corrected chi connectivity index (χ4v) is 4.02. The molecule has 6 nitrogen and oxygen atoms in total. The standard InChI is InChI=1S/C19H21N3O3S/c23-19(10-9-15-6-1-2-7-16(15)22(24)25)20-14-17(18-8-5-13-26-18)21-11-3-4-12-21/h1-2,5-10,13,17H,3-4,11-12,14H2,(H,20,23). The van der Waals surface area contributed by atoms with Crippen molar-refractivity contribution >= 4 is 29.0 Å². The number of amides is 1. The molecule has 3 rings (SSSR count). The molecule has 2 heterocycles. The van der Waals surface area contributed by atoms with Gasteiger partial charge in [0.25, 0.3) is 5.69 Å². The molecule has 1 aromatic carbocycles. The van der Waals surface area contributed by atoms with Crippen LogP contribution in [0.4, 0.5) is 5.69 Å². The molecule has 1 fully saturated rings. The van der Waals surface area contributed by atoms with Gasteiger partial charge in [-0.25, -0.2) is 0 Å². The summed E-state index contributed by atoms with van der Waals surface area (Å²) in [5.41, 5.74) is 0.409. The second kappa shape index (κ2) is 8.73. The summed E-state index contributed by atoms with van der Waals surface area (Å²) >= 11 is 1.70. The lowest BCUT2D eigenvalue weighted by Crippen LogP contribution is -2.35. The number of rotatable bonds is 7. The van der Waals surface area contributed by atoms with Crippen molar-refractivity contribution in [3.05, 3.63) is 68.4 Å². The lowest BCUT2D eigenvalue weighted by Gasteiger charge is -2.26. The summed E-state index contributed by atoms with van der Waals surface area (Å²) < 4.78 is 0. The van der Waals surface area contributed by atoms with Crippen LogP contribution in [0.25, 0.3) is 6.08 Å². The zero-order chi connectivity index (χ0) is 18.4. The van der Waals surface area contributed by atoms with E-state index in [0.717, 1.165) is 13.1 Å². The van der Waals surface area contributed by atoms with Crippen LogP contribution in [0.3, 0.4) is 0 Å². The summed E-state index contributed by atoms with van der Waals surface area (Å²) in [4.78, 5) is 26.4. The van der Waals surface area contributed by atoms with Crippen LogP contribution < -0.4 is 5.32 Å². The van der Waals surface area contributed by atoms with Crippen molar-refractivity contribution in [2.45, 2.75) is 18.9 Å². The molecule has 1 aliphatic heterocycles. The van der Waals surface area contributed by atoms with E-state index in [1.165, 1.54) is 35.9 Å². The molecular weight excluding hydrogens is 350 g/mol. The van der Waals surface area contributed by atoms with E-state index in [0.29, 0.717) is 12.1 Å². The predicted molar refractivity (Wildman–Crippen MR) is 103 cm³/mol. The molecule has 26 heavy (non-hydrogen) atoms. The molecule has 0 bridgehead atoms. The molecule has 2 aromatic rings. The number of thiophene rings is 1. The minimum atomic E-state index is -0.447. The Morgan fingerprint density at radius 3 is 2.73 bits per heavy atom. The first kappa shape index (κ1) is 18.3. The highest BCUT2D eigenvalue weighted by molar-refractivity contribution is 7.10. The number of carbonyl (C=O) groups excluding carboxylic acids is 1. The van der Waals surface area contributed by atoms with Gasteiger partial charge in [0.15, 0.2) is 0 Å². The van der Waals surface area contributed by atoms with Gasteiger partial charge in [0, 0.05) is 23.6 Å². The zero-order valence-electron chi connectivity index (χ0n) is 14.3. The Hall–Kier alpha value is -2.51. The van der Waals surface area contributed by atoms with E-state index < -0.39 is 4.92 Å². The maximum atomic E-state index is 12.2. The molecule has 1 amide bonds. The van der Waals surface area contributed by atoms with Gasteiger partial charge in [-0.2, -0.15) is 0 Å². The minimum absolute atomic E-state index is 0.00919. The number of hydrogen-bond acceptors (Lipinski definition) is 5. The van der Waals surface area contributed by atoms with Crippen molar-refractivity contribution in [3.8, 4) is 0 Å². The number of benzene rings is 1. The van der Waals surface area contributed by atoms with Gasteiger partial charge < -0.3 is 5.32 Å². The first-order valence-corrected chi connectivity index (χ1v) is 9.50. The fraction of sp³-hybridized carbons (Fsp3) is 0.316. The Balaban J connectivity index is 1.63. The van der Waals surface area contributed by atoms with Crippen LogP contribution in [0, 0.1) is 10.1 Å². The highest BCUT2D eigenvalue weighted by atomic mass is 32.1. The van der Waals surface area contributed by atoms with Crippen molar-refractivity contribution in [3.63, 3.8) is 0 Å². The predicted octanol–water partition coefficient (Wildman–Crippen LogP) is 3.62. The van der Waals surface area contributed by atoms with Crippen LogP contribution >= 0.6 is 11.3 Å². The average Bonchev–Trinajstić information content (AvgIpc) is 3.35. The Kier molecular flexibility index (Phi) is 6.14. The molecule has 136 valence electrons. The van der Waals surface area contributed by atoms with Gasteiger partial charge in [0.05, 0.1) is 16.5 Å². The molecule has 1 aliphatic rings. The maximum absolute atomic E-state index is 12.2. The van der Waals surface area contributed by atoms with E-state index in [4.69, 9.17) is 0 Å². The third-order valence-corrected chi connectivity index (χ3v) is 5.44. The summed E-state index contributed by atoms with van der Waals surface area (Å²) in [6.07, 6.45) is 5.22. The van der Waals surface area contributed by atoms with Crippen LogP contribution in [0.15, 0.2) is 47.9 Å². The number of nitrogens with one attached hydrogen (secondary N) is 1. The van der Waals surface area contributed by atoms with Gasteiger partial charge in [-0.15, -0.1) is 11.3 Å². The quantitative estimate of drug-likeness (QED) is 0.458. The third kappa shape index (κ3) is 4.56. The van der Waals surface area contributed by atoms with E-state index in [2.05, 4.69) is 21.7 Å². The average molecular weight is 371 g/mol. The largest absolute Gasteiger partial charge is 0.351 e. The molecule has 1 saturated heterocycles. The molecule has 1 atom stereocenters. The van der Waals surface area contributed by atoms with Crippen molar-refractivity contribution in [1.82, 2.24) is 10.2 Å². The zero-order valence-corrected chi connectivity index (χ0v) is 15.2. The lowest BCUT2D eigenvalue weighted by molar-refractivity contribution is -0.385. The lowest BCUT2D eigenvalue weighted by atomic mass is 10.1. The van der Waals surface area contributed by atoms with Gasteiger partial charge in [0.2, 0.25) is 5.91 Å². The molecule has 0 radical (unpaired) electrons. The Morgan fingerprint density at radius 2 is 2.04 bits per heavy atom. The number of carbonyl (C=O) groups is 1. The molecule has 1 aromatic heterocycles. The third-order valence-electron chi connectivity index (χ3n) is 4.47. The maximum Gasteiger partial charge on any atom is 0.276 e. The highest BCUT2D eigenvalue weighted by Gasteiger charge is 2.24. The number of nitrogens with zero attached hydrogens (tertiary/aromatic N) is 2. The van der Waals surface area contributed by atoms with Gasteiger partial charge in [-0.1, -0.05) is 18.2 Å². The van der Waals surface area contributed by atoms with Crippen LogP contribution in [-0.4, -0.2) is 35.4 Å². The minimum Gasteiger partial charge on any atom is -0.351 e. The van der Waals surface area contributed by atoms with E-state index in [1.807, 2.05) is 6.07 Å². The number of para-hydroxylation sites is 1. The van der Waals surface area contributed by atoms with Gasteiger partial charge in [0.1, 0.15) is 0 Å². The van der Waals surface area contributed by atoms with Crippen LogP contribution in [-0.2, 0) is 4.79 Å². The highest BCUT2D eigenvalue weighted by Crippen LogP contribution is 2.27. The van der Waals surface area contributed by atoms with Crippen LogP contribution in [0.1, 0.15) is 29.3 Å². The van der Waals surface area contributed by atoms with Gasteiger partial charge >= 0.3 is 0 Å². The van der Waals surface area contributed by atoms with Crippen LogP contribution in [0.5, 0.6) is 0 Å². The molecule has 0 saturated carbocycles. The second-order valence-corrected chi connectivity index (χ2v) is 7.15. The fourth-order valence-electron chi connectivity index (χ4n) is 3.16. The molecule has 7 heteroatoms. The van der Waals surface area contributed by atoms with Gasteiger partial charge in [-0.3, -0.25) is 19.8 Å². The van der Waals surface area contributed by atoms with Crippen molar-refractivity contribution in [2.24, 2.45) is 0 Å². The summed E-state index contributed by atoms with van der Waals surface area (Å²) in [7, 11) is 0. The molecule has 1 unspecified atom stereocenters. The van der Waals surface area contributed by atoms with E-state index >= 15 is 0 Å². The Morgan fingerprint density at radius 1 is 1.27 bits per heavy atom. The molecule has 0 aliphatic carbocycles. The summed E-state index contributed by atoms with van der Waals surface area (Å²) in [5, 5.41) is 16.0. The summed E-state index contributed by atoms with van der Waals surface area (Å²) in [6, 6.07) is 10.7. The van der Waals surface area contributed by atoms with Gasteiger partial charge in [-0.05, 0) is 49.5 Å². The monoisotopic (exact) mass is 371 g/mol. The molecule has 1 N–H and O–H groups in total. The van der Waals surface area contributed by atoms with E-state index in [9.17, 15) is 14.9 Å². The number of hydrogen-bond donors (Lipinski definition) is 1. The second-order valence-electron chi connectivity index (χ2n) is 6.17. The normalized spacial score (nSPS) is 16.0. The summed E-state index contributed by atoms with van der Waals surface area (Å²) in [5.74, 6) is -0.246. The first-order chi connectivity index (χ1) is 12.6. The van der Waals surface area contributed by atoms with Crippen molar-refractivity contribution in [1.29, 1.82) is 0 Å². The van der Waals surface area contributed by atoms with E-state index in [1.54, 1.807) is 29.5 Å². The molecular formula is C19H21N3O3S. The Labute approximate surface area is 156 Å². The van der Waals surface area contributed by atoms with Crippen molar-refractivity contribution in [2.75, 3.05) is 19.6 Å².